The lowest BCUT2D eigenvalue weighted by molar-refractivity contribution is -0.135. The molecule has 0 radical (unpaired) electrons. The number of para-hydroxylation sites is 1. The molecule has 0 spiro atoms. The minimum Gasteiger partial charge on any atom is -0.508 e. The molecule has 6 nitrogen and oxygen atoms in total. The number of ketones is 1. The lowest BCUT2D eigenvalue weighted by atomic mass is 9.84. The zero-order valence-electron chi connectivity index (χ0n) is 16.6. The van der Waals surface area contributed by atoms with Crippen molar-refractivity contribution in [3.05, 3.63) is 88.7 Å². The van der Waals surface area contributed by atoms with Crippen LogP contribution in [0, 0.1) is 0 Å². The Morgan fingerprint density at radius 2 is 1.77 bits per heavy atom. The van der Waals surface area contributed by atoms with Gasteiger partial charge >= 0.3 is 5.97 Å². The maximum absolute atomic E-state index is 13.1. The van der Waals surface area contributed by atoms with Gasteiger partial charge in [0.05, 0.1) is 19.1 Å². The summed E-state index contributed by atoms with van der Waals surface area (Å²) in [5, 5.41) is 9.63. The van der Waals surface area contributed by atoms with Crippen LogP contribution in [0.3, 0.4) is 0 Å². The number of rotatable bonds is 3. The average molecular weight is 414 g/mol. The van der Waals surface area contributed by atoms with Crippen molar-refractivity contribution in [2.45, 2.75) is 12.3 Å². The van der Waals surface area contributed by atoms with Crippen LogP contribution >= 0.6 is 0 Å². The van der Waals surface area contributed by atoms with Gasteiger partial charge in [-0.3, -0.25) is 9.59 Å². The van der Waals surface area contributed by atoms with Crippen molar-refractivity contribution >= 4 is 17.8 Å². The summed E-state index contributed by atoms with van der Waals surface area (Å²) in [6.07, 6.45) is 1.76. The van der Waals surface area contributed by atoms with Gasteiger partial charge in [-0.1, -0.05) is 30.3 Å². The van der Waals surface area contributed by atoms with E-state index in [-0.39, 0.29) is 35.6 Å². The molecule has 2 aliphatic rings. The number of esters is 1. The lowest BCUT2D eigenvalue weighted by Gasteiger charge is -2.26. The largest absolute Gasteiger partial charge is 0.508 e. The summed E-state index contributed by atoms with van der Waals surface area (Å²) in [5.41, 5.74) is 2.61. The number of phenols is 1. The Bertz CT molecular complexity index is 1240. The van der Waals surface area contributed by atoms with Gasteiger partial charge in [0, 0.05) is 17.0 Å². The summed E-state index contributed by atoms with van der Waals surface area (Å²) in [7, 11) is 1.57. The van der Waals surface area contributed by atoms with Crippen LogP contribution in [-0.4, -0.2) is 24.0 Å². The van der Waals surface area contributed by atoms with E-state index in [1.165, 1.54) is 0 Å². The summed E-state index contributed by atoms with van der Waals surface area (Å²) in [6.45, 7) is 0. The van der Waals surface area contributed by atoms with Crippen LogP contribution < -0.4 is 14.2 Å². The number of hydrogen-bond donors (Lipinski definition) is 1. The molecule has 3 aromatic rings. The molecule has 2 aliphatic heterocycles. The van der Waals surface area contributed by atoms with E-state index in [4.69, 9.17) is 14.2 Å². The molecule has 1 unspecified atom stereocenters. The van der Waals surface area contributed by atoms with Crippen LogP contribution in [0.2, 0.25) is 0 Å². The van der Waals surface area contributed by atoms with Crippen molar-refractivity contribution in [2.24, 2.45) is 0 Å². The predicted molar refractivity (Wildman–Crippen MR) is 113 cm³/mol. The molecule has 0 bridgehead atoms. The summed E-state index contributed by atoms with van der Waals surface area (Å²) in [5.74, 6) is 0.743. The third-order valence-corrected chi connectivity index (χ3v) is 5.50. The average Bonchev–Trinajstić information content (AvgIpc) is 3.09. The monoisotopic (exact) mass is 414 g/mol. The van der Waals surface area contributed by atoms with Gasteiger partial charge in [-0.15, -0.1) is 0 Å². The quantitative estimate of drug-likeness (QED) is 0.387. The lowest BCUT2D eigenvalue weighted by Crippen LogP contribution is -2.21. The number of carbonyl (C=O) groups excluding carboxylic acids is 2. The summed E-state index contributed by atoms with van der Waals surface area (Å²) < 4.78 is 16.9. The molecule has 0 fully saturated rings. The van der Waals surface area contributed by atoms with Gasteiger partial charge in [0.15, 0.2) is 5.76 Å². The van der Waals surface area contributed by atoms with Crippen LogP contribution in [-0.2, 0) is 4.79 Å². The standard InChI is InChI=1S/C25H18O6/c1-29-19-5-3-2-4-15(19)12-21-24(28)17-10-11-20-23(25(17)31-21)18(13-22(27)30-20)14-6-8-16(26)9-7-14/h2-12,18,26H,13H2,1H3/b21-12+. The minimum atomic E-state index is -0.361. The number of ether oxygens (including phenoxy) is 3. The summed E-state index contributed by atoms with van der Waals surface area (Å²) in [4.78, 5) is 25.3. The topological polar surface area (TPSA) is 82.1 Å². The van der Waals surface area contributed by atoms with Crippen molar-refractivity contribution in [2.75, 3.05) is 7.11 Å². The van der Waals surface area contributed by atoms with Crippen LogP contribution in [0.15, 0.2) is 66.4 Å². The summed E-state index contributed by atoms with van der Waals surface area (Å²) in [6, 6.07) is 17.2. The Morgan fingerprint density at radius 1 is 1.00 bits per heavy atom. The first-order valence-corrected chi connectivity index (χ1v) is 9.79. The van der Waals surface area contributed by atoms with Crippen LogP contribution in [0.1, 0.15) is 39.4 Å². The molecule has 0 saturated carbocycles. The molecular formula is C25H18O6. The fraction of sp³-hybridized carbons (Fsp3) is 0.120. The molecule has 154 valence electrons. The minimum absolute atomic E-state index is 0.108. The molecule has 6 heteroatoms. The number of benzene rings is 3. The number of aromatic hydroxyl groups is 1. The van der Waals surface area contributed by atoms with Crippen LogP contribution in [0.4, 0.5) is 0 Å². The fourth-order valence-electron chi connectivity index (χ4n) is 4.02. The Kier molecular flexibility index (Phi) is 4.47. The van der Waals surface area contributed by atoms with Crippen LogP contribution in [0.25, 0.3) is 6.08 Å². The van der Waals surface area contributed by atoms with E-state index in [9.17, 15) is 14.7 Å². The first-order valence-electron chi connectivity index (χ1n) is 9.79. The smallest absolute Gasteiger partial charge is 0.312 e. The van der Waals surface area contributed by atoms with Gasteiger partial charge in [0.1, 0.15) is 23.0 Å². The van der Waals surface area contributed by atoms with Crippen molar-refractivity contribution in [1.82, 2.24) is 0 Å². The van der Waals surface area contributed by atoms with Crippen molar-refractivity contribution < 1.29 is 28.9 Å². The molecule has 0 aliphatic carbocycles. The third-order valence-electron chi connectivity index (χ3n) is 5.50. The number of methoxy groups -OCH3 is 1. The number of allylic oxidation sites excluding steroid dienone is 1. The Labute approximate surface area is 178 Å². The van der Waals surface area contributed by atoms with Gasteiger partial charge < -0.3 is 19.3 Å². The molecule has 1 atom stereocenters. The van der Waals surface area contributed by atoms with Crippen molar-refractivity contribution in [3.63, 3.8) is 0 Å². The molecule has 5 rings (SSSR count). The van der Waals surface area contributed by atoms with Gasteiger partial charge in [-0.25, -0.2) is 0 Å². The van der Waals surface area contributed by atoms with Gasteiger partial charge in [0.2, 0.25) is 5.78 Å². The molecule has 0 amide bonds. The molecular weight excluding hydrogens is 396 g/mol. The van der Waals surface area contributed by atoms with E-state index in [2.05, 4.69) is 0 Å². The molecule has 3 aromatic carbocycles. The zero-order valence-corrected chi connectivity index (χ0v) is 16.6. The Balaban J connectivity index is 1.61. The van der Waals surface area contributed by atoms with Crippen LogP contribution in [0.5, 0.6) is 23.0 Å². The van der Waals surface area contributed by atoms with Gasteiger partial charge in [0.25, 0.3) is 0 Å². The molecule has 2 heterocycles. The maximum Gasteiger partial charge on any atom is 0.312 e. The normalized spacial score (nSPS) is 18.2. The molecule has 0 saturated heterocycles. The highest BCUT2D eigenvalue weighted by atomic mass is 16.5. The number of fused-ring (bicyclic) bond motifs is 3. The van der Waals surface area contributed by atoms with Gasteiger partial charge in [-0.05, 0) is 42.0 Å². The number of hydrogen-bond acceptors (Lipinski definition) is 6. The highest BCUT2D eigenvalue weighted by Crippen LogP contribution is 2.49. The predicted octanol–water partition coefficient (Wildman–Crippen LogP) is 4.46. The first kappa shape index (κ1) is 18.9. The third kappa shape index (κ3) is 3.22. The van der Waals surface area contributed by atoms with E-state index < -0.39 is 0 Å². The van der Waals surface area contributed by atoms with E-state index in [0.29, 0.717) is 28.4 Å². The van der Waals surface area contributed by atoms with Crippen molar-refractivity contribution in [1.29, 1.82) is 0 Å². The Hall–Kier alpha value is -4.06. The Morgan fingerprint density at radius 3 is 2.55 bits per heavy atom. The molecule has 0 aromatic heterocycles. The number of Topliss-reactive ketones (excluding diaryl/α,β-unsaturated/α-hetero) is 1. The number of carbonyl (C=O) groups is 2. The molecule has 31 heavy (non-hydrogen) atoms. The van der Waals surface area contributed by atoms with Gasteiger partial charge in [-0.2, -0.15) is 0 Å². The van der Waals surface area contributed by atoms with Crippen molar-refractivity contribution in [3.8, 4) is 23.0 Å². The van der Waals surface area contributed by atoms with E-state index in [1.807, 2.05) is 18.2 Å². The maximum atomic E-state index is 13.1. The molecule has 1 N–H and O–H groups in total. The highest BCUT2D eigenvalue weighted by Gasteiger charge is 2.38. The first-order chi connectivity index (χ1) is 15.0. The van der Waals surface area contributed by atoms with E-state index in [0.717, 1.165) is 11.1 Å². The van der Waals surface area contributed by atoms with E-state index in [1.54, 1.807) is 55.7 Å². The van der Waals surface area contributed by atoms with E-state index >= 15 is 0 Å². The SMILES string of the molecule is COc1ccccc1/C=C1/Oc2c(ccc3c2C(c2ccc(O)cc2)CC(=O)O3)C1=O. The second-order valence-electron chi connectivity index (χ2n) is 7.36. The number of phenolic OH excluding ortho intramolecular Hbond substituents is 1. The fourth-order valence-corrected chi connectivity index (χ4v) is 4.02. The second kappa shape index (κ2) is 7.32. The summed E-state index contributed by atoms with van der Waals surface area (Å²) >= 11 is 0. The zero-order chi connectivity index (χ0) is 21.5. The highest BCUT2D eigenvalue weighted by molar-refractivity contribution is 6.15. The second-order valence-corrected chi connectivity index (χ2v) is 7.36.